The molecule has 0 bridgehead atoms. The lowest BCUT2D eigenvalue weighted by molar-refractivity contribution is 0.352. The zero-order valence-corrected chi connectivity index (χ0v) is 7.97. The molecule has 2 atom stereocenters. The minimum Gasteiger partial charge on any atom is -0.299 e. The van der Waals surface area contributed by atoms with Crippen LogP contribution in [0.4, 0.5) is 0 Å². The van der Waals surface area contributed by atoms with E-state index in [1.807, 2.05) is 0 Å². The largest absolute Gasteiger partial charge is 0.299 e. The van der Waals surface area contributed by atoms with E-state index in [9.17, 15) is 8.42 Å². The van der Waals surface area contributed by atoms with Gasteiger partial charge in [0, 0.05) is 13.1 Å². The topological polar surface area (TPSA) is 49.4 Å². The molecule has 4 nitrogen and oxygen atoms in total. The summed E-state index contributed by atoms with van der Waals surface area (Å²) in [6.07, 6.45) is 2.87. The summed E-state index contributed by atoms with van der Waals surface area (Å²) in [5.41, 5.74) is 0. The maximum Gasteiger partial charge on any atom is 0.219 e. The standard InChI is InChI=1S/C7H14N2O2S/c1-9-5-8-6-3-2-4-7(6)12(9,10)11/h6-8H,2-5H2,1H3. The van der Waals surface area contributed by atoms with Crippen molar-refractivity contribution in [3.05, 3.63) is 0 Å². The Hall–Kier alpha value is -0.130. The van der Waals surface area contributed by atoms with Gasteiger partial charge in [-0.2, -0.15) is 4.31 Å². The molecule has 1 N–H and O–H groups in total. The molecule has 2 rings (SSSR count). The van der Waals surface area contributed by atoms with E-state index in [0.29, 0.717) is 6.67 Å². The van der Waals surface area contributed by atoms with Crippen LogP contribution in [-0.2, 0) is 10.0 Å². The second-order valence-electron chi connectivity index (χ2n) is 3.58. The van der Waals surface area contributed by atoms with Crippen LogP contribution in [0.25, 0.3) is 0 Å². The molecule has 2 unspecified atom stereocenters. The quantitative estimate of drug-likeness (QED) is 0.572. The Morgan fingerprint density at radius 2 is 2.17 bits per heavy atom. The second kappa shape index (κ2) is 2.68. The number of fused-ring (bicyclic) bond motifs is 1. The number of nitrogens with one attached hydrogen (secondary N) is 1. The van der Waals surface area contributed by atoms with Crippen LogP contribution in [0, 0.1) is 0 Å². The number of nitrogens with zero attached hydrogens (tertiary/aromatic N) is 1. The molecule has 0 aromatic heterocycles. The number of rotatable bonds is 0. The molecule has 2 aliphatic rings. The molecule has 2 fully saturated rings. The first kappa shape index (κ1) is 8.47. The summed E-state index contributed by atoms with van der Waals surface area (Å²) in [5, 5.41) is 3.08. The van der Waals surface area contributed by atoms with E-state index < -0.39 is 10.0 Å². The monoisotopic (exact) mass is 190 g/mol. The predicted molar refractivity (Wildman–Crippen MR) is 46.1 cm³/mol. The van der Waals surface area contributed by atoms with Gasteiger partial charge in [-0.15, -0.1) is 0 Å². The SMILES string of the molecule is CN1CNC2CCCC2S1(=O)=O. The molecule has 1 aliphatic heterocycles. The van der Waals surface area contributed by atoms with Gasteiger partial charge in [0.1, 0.15) is 0 Å². The van der Waals surface area contributed by atoms with Gasteiger partial charge in [-0.3, -0.25) is 5.32 Å². The summed E-state index contributed by atoms with van der Waals surface area (Å²) in [5.74, 6) is 0. The molecule has 5 heteroatoms. The molecule has 70 valence electrons. The van der Waals surface area contributed by atoms with E-state index >= 15 is 0 Å². The van der Waals surface area contributed by atoms with Crippen molar-refractivity contribution in [1.82, 2.24) is 9.62 Å². The first-order valence-corrected chi connectivity index (χ1v) is 5.81. The van der Waals surface area contributed by atoms with Crippen molar-refractivity contribution in [3.63, 3.8) is 0 Å². The van der Waals surface area contributed by atoms with Crippen LogP contribution in [0.2, 0.25) is 0 Å². The van der Waals surface area contributed by atoms with E-state index in [-0.39, 0.29) is 11.3 Å². The third kappa shape index (κ3) is 1.08. The minimum absolute atomic E-state index is 0.156. The van der Waals surface area contributed by atoms with Gasteiger partial charge in [-0.25, -0.2) is 8.42 Å². The minimum atomic E-state index is -2.97. The van der Waals surface area contributed by atoms with E-state index in [0.717, 1.165) is 19.3 Å². The fourth-order valence-corrected chi connectivity index (χ4v) is 3.91. The molecule has 0 spiro atoms. The molecule has 1 heterocycles. The van der Waals surface area contributed by atoms with Gasteiger partial charge in [0.25, 0.3) is 0 Å². The molecule has 0 aromatic rings. The van der Waals surface area contributed by atoms with Gasteiger partial charge in [0.05, 0.1) is 11.9 Å². The molecule has 0 radical (unpaired) electrons. The lowest BCUT2D eigenvalue weighted by Crippen LogP contribution is -2.55. The summed E-state index contributed by atoms with van der Waals surface area (Å²) in [7, 11) is -1.33. The molecule has 1 saturated carbocycles. The fraction of sp³-hybridized carbons (Fsp3) is 1.00. The third-order valence-electron chi connectivity index (χ3n) is 2.85. The maximum absolute atomic E-state index is 11.7. The predicted octanol–water partition coefficient (Wildman–Crippen LogP) is -0.270. The van der Waals surface area contributed by atoms with Crippen molar-refractivity contribution in [3.8, 4) is 0 Å². The first-order valence-electron chi connectivity index (χ1n) is 4.31. The lowest BCUT2D eigenvalue weighted by Gasteiger charge is -2.32. The average molecular weight is 190 g/mol. The molecule has 0 amide bonds. The van der Waals surface area contributed by atoms with Crippen LogP contribution in [0.1, 0.15) is 19.3 Å². The zero-order valence-electron chi connectivity index (χ0n) is 7.16. The Bertz CT molecular complexity index is 275. The van der Waals surface area contributed by atoms with Gasteiger partial charge < -0.3 is 0 Å². The Morgan fingerprint density at radius 3 is 2.92 bits per heavy atom. The molecule has 1 saturated heterocycles. The normalized spacial score (nSPS) is 41.1. The fourth-order valence-electron chi connectivity index (χ4n) is 2.08. The summed E-state index contributed by atoms with van der Waals surface area (Å²) < 4.78 is 24.8. The molecular formula is C7H14N2O2S. The van der Waals surface area contributed by atoms with Gasteiger partial charge >= 0.3 is 0 Å². The Kier molecular flexibility index (Phi) is 1.89. The van der Waals surface area contributed by atoms with Gasteiger partial charge in [0.2, 0.25) is 10.0 Å². The average Bonchev–Trinajstić information content (AvgIpc) is 2.46. The first-order chi connectivity index (χ1) is 5.62. The summed E-state index contributed by atoms with van der Waals surface area (Å²) in [6.45, 7) is 0.476. The van der Waals surface area contributed by atoms with E-state index in [2.05, 4.69) is 5.32 Å². The van der Waals surface area contributed by atoms with Crippen molar-refractivity contribution >= 4 is 10.0 Å². The Morgan fingerprint density at radius 1 is 1.42 bits per heavy atom. The van der Waals surface area contributed by atoms with Crippen molar-refractivity contribution in [2.75, 3.05) is 13.7 Å². The van der Waals surface area contributed by atoms with Crippen molar-refractivity contribution in [1.29, 1.82) is 0 Å². The van der Waals surface area contributed by atoms with E-state index in [4.69, 9.17) is 0 Å². The van der Waals surface area contributed by atoms with Crippen LogP contribution < -0.4 is 5.32 Å². The number of hydrogen-bond donors (Lipinski definition) is 1. The highest BCUT2D eigenvalue weighted by Gasteiger charge is 2.42. The van der Waals surface area contributed by atoms with Gasteiger partial charge in [0.15, 0.2) is 0 Å². The molecule has 1 aliphatic carbocycles. The number of hydrogen-bond acceptors (Lipinski definition) is 3. The molecule has 12 heavy (non-hydrogen) atoms. The van der Waals surface area contributed by atoms with Crippen LogP contribution in [-0.4, -0.2) is 37.7 Å². The summed E-state index contributed by atoms with van der Waals surface area (Å²) >= 11 is 0. The summed E-state index contributed by atoms with van der Waals surface area (Å²) in [6, 6.07) is 0.214. The van der Waals surface area contributed by atoms with Crippen LogP contribution in [0.15, 0.2) is 0 Å². The smallest absolute Gasteiger partial charge is 0.219 e. The lowest BCUT2D eigenvalue weighted by atomic mass is 10.2. The second-order valence-corrected chi connectivity index (χ2v) is 5.84. The highest BCUT2D eigenvalue weighted by atomic mass is 32.2. The zero-order chi connectivity index (χ0) is 8.77. The molecule has 0 aromatic carbocycles. The van der Waals surface area contributed by atoms with Gasteiger partial charge in [-0.05, 0) is 12.8 Å². The van der Waals surface area contributed by atoms with Gasteiger partial charge in [-0.1, -0.05) is 6.42 Å². The summed E-state index contributed by atoms with van der Waals surface area (Å²) in [4.78, 5) is 0. The maximum atomic E-state index is 11.7. The van der Waals surface area contributed by atoms with E-state index in [1.54, 1.807) is 7.05 Å². The molecular weight excluding hydrogens is 176 g/mol. The Labute approximate surface area is 73.0 Å². The van der Waals surface area contributed by atoms with E-state index in [1.165, 1.54) is 4.31 Å². The van der Waals surface area contributed by atoms with Crippen molar-refractivity contribution in [2.45, 2.75) is 30.6 Å². The third-order valence-corrected chi connectivity index (χ3v) is 5.17. The highest BCUT2D eigenvalue weighted by molar-refractivity contribution is 7.89. The van der Waals surface area contributed by atoms with Crippen molar-refractivity contribution in [2.24, 2.45) is 0 Å². The highest BCUT2D eigenvalue weighted by Crippen LogP contribution is 2.29. The van der Waals surface area contributed by atoms with Crippen molar-refractivity contribution < 1.29 is 8.42 Å². The Balaban J connectivity index is 2.30. The van der Waals surface area contributed by atoms with Crippen LogP contribution in [0.3, 0.4) is 0 Å². The van der Waals surface area contributed by atoms with Crippen LogP contribution >= 0.6 is 0 Å². The number of sulfonamides is 1. The van der Waals surface area contributed by atoms with Crippen LogP contribution in [0.5, 0.6) is 0 Å².